The number of ether oxygens (including phenoxy) is 2. The summed E-state index contributed by atoms with van der Waals surface area (Å²) in [6.07, 6.45) is 0. The van der Waals surface area contributed by atoms with E-state index in [-0.39, 0.29) is 30.6 Å². The van der Waals surface area contributed by atoms with Crippen LogP contribution in [-0.4, -0.2) is 15.2 Å². The first-order chi connectivity index (χ1) is 11.1. The van der Waals surface area contributed by atoms with Crippen molar-refractivity contribution in [2.24, 2.45) is 0 Å². The average Bonchev–Trinajstić information content (AvgIpc) is 3.20. The van der Waals surface area contributed by atoms with Gasteiger partial charge < -0.3 is 14.8 Å². The van der Waals surface area contributed by atoms with E-state index in [0.717, 1.165) is 18.7 Å². The summed E-state index contributed by atoms with van der Waals surface area (Å²) in [5.41, 5.74) is 3.44. The molecule has 0 fully saturated rings. The summed E-state index contributed by atoms with van der Waals surface area (Å²) in [6.45, 7) is 2.08. The highest BCUT2D eigenvalue weighted by molar-refractivity contribution is 7.89. The van der Waals surface area contributed by atoms with Gasteiger partial charge >= 0.3 is 0 Å². The van der Waals surface area contributed by atoms with Crippen LogP contribution in [0.4, 0.5) is 0 Å². The SMILES string of the molecule is Cl.O=S(=O)(NCc1ccc2c(c1)CNC2)c1ccc2c(c1)OCO2. The first kappa shape index (κ1) is 17.0. The molecule has 0 bridgehead atoms. The van der Waals surface area contributed by atoms with Crippen LogP contribution in [0.2, 0.25) is 0 Å². The monoisotopic (exact) mass is 368 g/mol. The third kappa shape index (κ3) is 3.21. The Morgan fingerprint density at radius 2 is 1.79 bits per heavy atom. The molecule has 2 aromatic carbocycles. The van der Waals surface area contributed by atoms with Crippen LogP contribution in [0, 0.1) is 0 Å². The van der Waals surface area contributed by atoms with Crippen LogP contribution in [0.5, 0.6) is 11.5 Å². The molecule has 0 spiro atoms. The van der Waals surface area contributed by atoms with Crippen LogP contribution in [0.15, 0.2) is 41.3 Å². The van der Waals surface area contributed by atoms with Gasteiger partial charge in [0.2, 0.25) is 16.8 Å². The van der Waals surface area contributed by atoms with Gasteiger partial charge in [0, 0.05) is 25.7 Å². The van der Waals surface area contributed by atoms with Crippen molar-refractivity contribution < 1.29 is 17.9 Å². The van der Waals surface area contributed by atoms with Gasteiger partial charge in [0.25, 0.3) is 0 Å². The zero-order chi connectivity index (χ0) is 15.9. The van der Waals surface area contributed by atoms with Crippen molar-refractivity contribution in [2.45, 2.75) is 24.5 Å². The topological polar surface area (TPSA) is 76.7 Å². The van der Waals surface area contributed by atoms with Gasteiger partial charge in [-0.2, -0.15) is 0 Å². The van der Waals surface area contributed by atoms with E-state index in [1.807, 2.05) is 18.2 Å². The summed E-state index contributed by atoms with van der Waals surface area (Å²) >= 11 is 0. The molecule has 0 saturated heterocycles. The summed E-state index contributed by atoms with van der Waals surface area (Å²) < 4.78 is 37.9. The van der Waals surface area contributed by atoms with Crippen LogP contribution in [-0.2, 0) is 29.7 Å². The number of benzene rings is 2. The highest BCUT2D eigenvalue weighted by Gasteiger charge is 2.20. The van der Waals surface area contributed by atoms with Crippen LogP contribution < -0.4 is 19.5 Å². The molecule has 2 aromatic rings. The van der Waals surface area contributed by atoms with Gasteiger partial charge in [-0.05, 0) is 28.8 Å². The van der Waals surface area contributed by atoms with E-state index >= 15 is 0 Å². The number of nitrogens with one attached hydrogen (secondary N) is 2. The largest absolute Gasteiger partial charge is 0.454 e. The quantitative estimate of drug-likeness (QED) is 0.862. The molecule has 128 valence electrons. The van der Waals surface area contributed by atoms with Gasteiger partial charge in [0.05, 0.1) is 4.90 Å². The van der Waals surface area contributed by atoms with E-state index in [9.17, 15) is 8.42 Å². The summed E-state index contributed by atoms with van der Waals surface area (Å²) in [4.78, 5) is 0.171. The number of sulfonamides is 1. The van der Waals surface area contributed by atoms with Crippen molar-refractivity contribution >= 4 is 22.4 Å². The molecular weight excluding hydrogens is 352 g/mol. The summed E-state index contributed by atoms with van der Waals surface area (Å²) in [5.74, 6) is 1.02. The Hall–Kier alpha value is -1.80. The van der Waals surface area contributed by atoms with Crippen molar-refractivity contribution in [3.05, 3.63) is 53.1 Å². The first-order valence-electron chi connectivity index (χ1n) is 7.32. The second kappa shape index (κ2) is 6.60. The van der Waals surface area contributed by atoms with E-state index in [0.29, 0.717) is 11.5 Å². The summed E-state index contributed by atoms with van der Waals surface area (Å²) in [6, 6.07) is 10.6. The van der Waals surface area contributed by atoms with Gasteiger partial charge in [-0.3, -0.25) is 0 Å². The van der Waals surface area contributed by atoms with Crippen LogP contribution in [0.25, 0.3) is 0 Å². The Balaban J connectivity index is 0.00000169. The fourth-order valence-electron chi connectivity index (χ4n) is 2.76. The van der Waals surface area contributed by atoms with Crippen LogP contribution in [0.1, 0.15) is 16.7 Å². The number of hydrogen-bond acceptors (Lipinski definition) is 5. The molecule has 6 nitrogen and oxygen atoms in total. The number of hydrogen-bond donors (Lipinski definition) is 2. The number of fused-ring (bicyclic) bond motifs is 2. The van der Waals surface area contributed by atoms with Crippen molar-refractivity contribution in [1.29, 1.82) is 0 Å². The highest BCUT2D eigenvalue weighted by Crippen LogP contribution is 2.33. The minimum absolute atomic E-state index is 0. The molecule has 2 heterocycles. The molecule has 0 radical (unpaired) electrons. The van der Waals surface area contributed by atoms with Gasteiger partial charge in [0.1, 0.15) is 0 Å². The zero-order valence-electron chi connectivity index (χ0n) is 12.7. The molecular formula is C16H17ClN2O4S. The minimum Gasteiger partial charge on any atom is -0.454 e. The fraction of sp³-hybridized carbons (Fsp3) is 0.250. The third-order valence-corrected chi connectivity index (χ3v) is 5.42. The Morgan fingerprint density at radius 1 is 1.00 bits per heavy atom. The van der Waals surface area contributed by atoms with E-state index in [2.05, 4.69) is 10.0 Å². The lowest BCUT2D eigenvalue weighted by Crippen LogP contribution is -2.23. The van der Waals surface area contributed by atoms with Crippen molar-refractivity contribution in [2.75, 3.05) is 6.79 Å². The molecule has 2 aliphatic heterocycles. The molecule has 2 aliphatic rings. The molecule has 2 N–H and O–H groups in total. The number of rotatable bonds is 4. The Kier molecular flexibility index (Phi) is 4.69. The van der Waals surface area contributed by atoms with Crippen molar-refractivity contribution in [3.63, 3.8) is 0 Å². The maximum atomic E-state index is 12.4. The van der Waals surface area contributed by atoms with Crippen molar-refractivity contribution in [3.8, 4) is 11.5 Å². The smallest absolute Gasteiger partial charge is 0.241 e. The van der Waals surface area contributed by atoms with Gasteiger partial charge in [0.15, 0.2) is 11.5 Å². The van der Waals surface area contributed by atoms with E-state index in [1.54, 1.807) is 6.07 Å². The maximum Gasteiger partial charge on any atom is 0.241 e. The van der Waals surface area contributed by atoms with E-state index in [4.69, 9.17) is 9.47 Å². The van der Waals surface area contributed by atoms with Gasteiger partial charge in [-0.25, -0.2) is 13.1 Å². The lowest BCUT2D eigenvalue weighted by molar-refractivity contribution is 0.174. The second-order valence-electron chi connectivity index (χ2n) is 5.55. The molecule has 0 saturated carbocycles. The predicted molar refractivity (Wildman–Crippen MR) is 90.8 cm³/mol. The molecule has 0 unspecified atom stereocenters. The lowest BCUT2D eigenvalue weighted by Gasteiger charge is -2.09. The van der Waals surface area contributed by atoms with Crippen LogP contribution >= 0.6 is 12.4 Å². The molecule has 0 atom stereocenters. The van der Waals surface area contributed by atoms with Crippen molar-refractivity contribution in [1.82, 2.24) is 10.0 Å². The maximum absolute atomic E-state index is 12.4. The fourth-order valence-corrected chi connectivity index (χ4v) is 3.80. The first-order valence-corrected chi connectivity index (χ1v) is 8.81. The predicted octanol–water partition coefficient (Wildman–Crippen LogP) is 1.92. The summed E-state index contributed by atoms with van der Waals surface area (Å²) in [7, 11) is -3.60. The second-order valence-corrected chi connectivity index (χ2v) is 7.31. The standard InChI is InChI=1S/C16H16N2O4S.ClH/c19-23(20,14-3-4-15-16(6-14)22-10-21-15)18-7-11-1-2-12-8-17-9-13(12)5-11;/h1-6,17-18H,7-10H2;1H. The molecule has 8 heteroatoms. The van der Waals surface area contributed by atoms with Crippen LogP contribution in [0.3, 0.4) is 0 Å². The van der Waals surface area contributed by atoms with Gasteiger partial charge in [-0.1, -0.05) is 18.2 Å². The summed E-state index contributed by atoms with van der Waals surface area (Å²) in [5, 5.41) is 3.27. The molecule has 24 heavy (non-hydrogen) atoms. The normalized spacial score (nSPS) is 15.0. The van der Waals surface area contributed by atoms with E-state index < -0.39 is 10.0 Å². The number of halogens is 1. The zero-order valence-corrected chi connectivity index (χ0v) is 14.4. The Bertz CT molecular complexity index is 870. The molecule has 0 amide bonds. The Morgan fingerprint density at radius 3 is 2.67 bits per heavy atom. The molecule has 0 aromatic heterocycles. The average molecular weight is 369 g/mol. The van der Waals surface area contributed by atoms with E-state index in [1.165, 1.54) is 23.3 Å². The lowest BCUT2D eigenvalue weighted by atomic mass is 10.1. The Labute approximate surface area is 146 Å². The molecule has 4 rings (SSSR count). The minimum atomic E-state index is -3.60. The third-order valence-electron chi connectivity index (χ3n) is 4.02. The van der Waals surface area contributed by atoms with Gasteiger partial charge in [-0.15, -0.1) is 12.4 Å². The molecule has 0 aliphatic carbocycles. The highest BCUT2D eigenvalue weighted by atomic mass is 35.5.